The molecule has 27 heavy (non-hydrogen) atoms. The van der Waals surface area contributed by atoms with Gasteiger partial charge in [-0.25, -0.2) is 9.38 Å². The highest BCUT2D eigenvalue weighted by molar-refractivity contribution is 14.0. The summed E-state index contributed by atoms with van der Waals surface area (Å²) in [5, 5.41) is 6.21. The maximum absolute atomic E-state index is 13.0. The second-order valence-electron chi connectivity index (χ2n) is 6.10. The lowest BCUT2D eigenvalue weighted by atomic mass is 10.2. The van der Waals surface area contributed by atoms with Gasteiger partial charge in [0.1, 0.15) is 5.82 Å². The van der Waals surface area contributed by atoms with E-state index >= 15 is 0 Å². The summed E-state index contributed by atoms with van der Waals surface area (Å²) in [7, 11) is 0. The first-order chi connectivity index (χ1) is 12.7. The third-order valence-corrected chi connectivity index (χ3v) is 4.27. The van der Waals surface area contributed by atoms with Crippen LogP contribution in [0.3, 0.4) is 0 Å². The molecule has 0 radical (unpaired) electrons. The monoisotopic (exact) mass is 482 g/mol. The van der Waals surface area contributed by atoms with E-state index in [1.807, 2.05) is 30.0 Å². The fourth-order valence-corrected chi connectivity index (χ4v) is 2.95. The average molecular weight is 482 g/mol. The van der Waals surface area contributed by atoms with E-state index in [1.54, 1.807) is 12.1 Å². The fraction of sp³-hybridized carbons (Fsp3) is 0.300. The van der Waals surface area contributed by atoms with E-state index in [4.69, 9.17) is 0 Å². The van der Waals surface area contributed by atoms with Gasteiger partial charge in [-0.05, 0) is 42.7 Å². The van der Waals surface area contributed by atoms with E-state index in [0.717, 1.165) is 17.7 Å². The fourth-order valence-electron chi connectivity index (χ4n) is 2.95. The Hall–Kier alpha value is -2.16. The van der Waals surface area contributed by atoms with Crippen LogP contribution in [0.5, 0.6) is 0 Å². The number of guanidine groups is 1. The van der Waals surface area contributed by atoms with Crippen molar-refractivity contribution in [1.82, 2.24) is 10.6 Å². The van der Waals surface area contributed by atoms with Gasteiger partial charge in [-0.15, -0.1) is 24.0 Å². The summed E-state index contributed by atoms with van der Waals surface area (Å²) in [6, 6.07) is 14.2. The molecular weight excluding hydrogens is 458 g/mol. The second-order valence-corrected chi connectivity index (χ2v) is 6.10. The average Bonchev–Trinajstić information content (AvgIpc) is 3.09. The summed E-state index contributed by atoms with van der Waals surface area (Å²) >= 11 is 0. The summed E-state index contributed by atoms with van der Waals surface area (Å²) in [4.78, 5) is 18.8. The minimum Gasteiger partial charge on any atom is -0.357 e. The van der Waals surface area contributed by atoms with Crippen molar-refractivity contribution in [1.29, 1.82) is 0 Å². The van der Waals surface area contributed by atoms with Crippen LogP contribution < -0.4 is 15.5 Å². The number of anilines is 1. The Morgan fingerprint density at radius 3 is 2.63 bits per heavy atom. The summed E-state index contributed by atoms with van der Waals surface area (Å²) in [6.07, 6.45) is 0.890. The van der Waals surface area contributed by atoms with Gasteiger partial charge in [0.05, 0.1) is 13.1 Å². The number of para-hydroxylation sites is 1. The zero-order valence-electron chi connectivity index (χ0n) is 15.2. The molecule has 0 saturated carbocycles. The zero-order valence-corrected chi connectivity index (χ0v) is 17.6. The number of halogens is 2. The Morgan fingerprint density at radius 2 is 1.89 bits per heavy atom. The molecule has 0 aromatic heterocycles. The Balaban J connectivity index is 0.00000261. The number of benzene rings is 2. The minimum absolute atomic E-state index is 0. The van der Waals surface area contributed by atoms with E-state index in [1.165, 1.54) is 17.7 Å². The van der Waals surface area contributed by atoms with E-state index in [9.17, 15) is 9.18 Å². The maximum Gasteiger partial charge on any atom is 0.246 e. The molecule has 144 valence electrons. The first-order valence-corrected chi connectivity index (χ1v) is 8.82. The van der Waals surface area contributed by atoms with Crippen molar-refractivity contribution >= 4 is 41.5 Å². The Labute approximate surface area is 176 Å². The quantitative estimate of drug-likeness (QED) is 0.392. The molecule has 2 N–H and O–H groups in total. The topological polar surface area (TPSA) is 56.7 Å². The van der Waals surface area contributed by atoms with Gasteiger partial charge in [0.2, 0.25) is 5.91 Å². The molecule has 0 saturated heterocycles. The largest absolute Gasteiger partial charge is 0.357 e. The van der Waals surface area contributed by atoms with Crippen molar-refractivity contribution in [2.24, 2.45) is 4.99 Å². The van der Waals surface area contributed by atoms with Gasteiger partial charge in [0.15, 0.2) is 5.96 Å². The van der Waals surface area contributed by atoms with Crippen molar-refractivity contribution in [2.45, 2.75) is 19.9 Å². The number of hydrogen-bond acceptors (Lipinski definition) is 2. The molecule has 0 spiro atoms. The van der Waals surface area contributed by atoms with Crippen LogP contribution in [0, 0.1) is 5.82 Å². The number of nitrogens with one attached hydrogen (secondary N) is 2. The third-order valence-electron chi connectivity index (χ3n) is 4.27. The lowest BCUT2D eigenvalue weighted by Gasteiger charge is -2.18. The molecule has 5 nitrogen and oxygen atoms in total. The maximum atomic E-state index is 13.0. The number of nitrogens with zero attached hydrogens (tertiary/aromatic N) is 2. The number of fused-ring (bicyclic) bond motifs is 1. The van der Waals surface area contributed by atoms with Crippen LogP contribution >= 0.6 is 24.0 Å². The second kappa shape index (κ2) is 10.2. The molecule has 0 bridgehead atoms. The number of carbonyl (C=O) groups is 1. The van der Waals surface area contributed by atoms with Gasteiger partial charge in [0, 0.05) is 18.8 Å². The smallest absolute Gasteiger partial charge is 0.246 e. The lowest BCUT2D eigenvalue weighted by Crippen LogP contribution is -2.44. The summed E-state index contributed by atoms with van der Waals surface area (Å²) in [5.74, 6) is 0.319. The van der Waals surface area contributed by atoms with Crippen LogP contribution in [0.15, 0.2) is 53.5 Å². The van der Waals surface area contributed by atoms with Crippen molar-refractivity contribution in [3.63, 3.8) is 0 Å². The highest BCUT2D eigenvalue weighted by Gasteiger charge is 2.23. The normalized spacial score (nSPS) is 13.0. The highest BCUT2D eigenvalue weighted by Crippen LogP contribution is 2.27. The standard InChI is InChI=1S/C20H23FN4O.HI/c1-2-22-20(23-13-15-7-9-17(21)10-8-15)24-14-19(26)25-12-11-16-5-3-4-6-18(16)25;/h3-10H,2,11-14H2,1H3,(H2,22,23,24);1H. The number of carbonyl (C=O) groups excluding carboxylic acids is 1. The number of hydrogen-bond donors (Lipinski definition) is 2. The molecule has 2 aromatic rings. The highest BCUT2D eigenvalue weighted by atomic mass is 127. The lowest BCUT2D eigenvalue weighted by molar-refractivity contribution is -0.117. The van der Waals surface area contributed by atoms with Gasteiger partial charge in [-0.1, -0.05) is 30.3 Å². The SMILES string of the molecule is CCNC(=NCc1ccc(F)cc1)NCC(=O)N1CCc2ccccc21.I. The van der Waals surface area contributed by atoms with Crippen LogP contribution in [0.1, 0.15) is 18.1 Å². The molecule has 0 unspecified atom stereocenters. The first-order valence-electron chi connectivity index (χ1n) is 8.82. The van der Waals surface area contributed by atoms with Crippen LogP contribution in [0.4, 0.5) is 10.1 Å². The molecule has 1 amide bonds. The van der Waals surface area contributed by atoms with Crippen LogP contribution in [0.2, 0.25) is 0 Å². The van der Waals surface area contributed by atoms with Gasteiger partial charge >= 0.3 is 0 Å². The Bertz CT molecular complexity index is 795. The summed E-state index contributed by atoms with van der Waals surface area (Å²) < 4.78 is 13.0. The minimum atomic E-state index is -0.265. The number of aliphatic imine (C=N–C) groups is 1. The summed E-state index contributed by atoms with van der Waals surface area (Å²) in [5.41, 5.74) is 3.11. The molecule has 2 aromatic carbocycles. The van der Waals surface area contributed by atoms with Gasteiger partial charge < -0.3 is 15.5 Å². The van der Waals surface area contributed by atoms with Crippen LogP contribution in [0.25, 0.3) is 0 Å². The van der Waals surface area contributed by atoms with Crippen LogP contribution in [-0.4, -0.2) is 31.5 Å². The molecule has 3 rings (SSSR count). The number of amides is 1. The molecule has 0 atom stereocenters. The molecule has 0 aliphatic carbocycles. The number of rotatable bonds is 5. The van der Waals surface area contributed by atoms with Gasteiger partial charge in [-0.2, -0.15) is 0 Å². The van der Waals surface area contributed by atoms with Crippen molar-refractivity contribution in [3.8, 4) is 0 Å². The van der Waals surface area contributed by atoms with E-state index < -0.39 is 0 Å². The van der Waals surface area contributed by atoms with E-state index in [2.05, 4.69) is 21.7 Å². The molecule has 0 fully saturated rings. The van der Waals surface area contributed by atoms with Gasteiger partial charge in [-0.3, -0.25) is 4.79 Å². The van der Waals surface area contributed by atoms with Gasteiger partial charge in [0.25, 0.3) is 0 Å². The van der Waals surface area contributed by atoms with E-state index in [-0.39, 0.29) is 42.2 Å². The van der Waals surface area contributed by atoms with E-state index in [0.29, 0.717) is 25.6 Å². The predicted molar refractivity (Wildman–Crippen MR) is 117 cm³/mol. The Kier molecular flexibility index (Phi) is 8.02. The van der Waals surface area contributed by atoms with Crippen molar-refractivity contribution < 1.29 is 9.18 Å². The summed E-state index contributed by atoms with van der Waals surface area (Å²) in [6.45, 7) is 3.95. The van der Waals surface area contributed by atoms with Crippen LogP contribution in [-0.2, 0) is 17.8 Å². The third kappa shape index (κ3) is 5.66. The van der Waals surface area contributed by atoms with Crippen molar-refractivity contribution in [2.75, 3.05) is 24.5 Å². The molecule has 7 heteroatoms. The first kappa shape index (κ1) is 21.1. The predicted octanol–water partition coefficient (Wildman–Crippen LogP) is 3.09. The van der Waals surface area contributed by atoms with Crippen molar-refractivity contribution in [3.05, 3.63) is 65.5 Å². The molecular formula is C20H24FIN4O. The molecule has 1 heterocycles. The zero-order chi connectivity index (χ0) is 18.4. The molecule has 1 aliphatic rings. The molecule has 1 aliphatic heterocycles. The Morgan fingerprint density at radius 1 is 1.15 bits per heavy atom.